The summed E-state index contributed by atoms with van der Waals surface area (Å²) in [6, 6.07) is -1.14. The minimum Gasteiger partial charge on any atom is -0.460 e. The van der Waals surface area contributed by atoms with Crippen LogP contribution in [0.2, 0.25) is 0 Å². The number of hydrogen-bond donors (Lipinski definition) is 3. The van der Waals surface area contributed by atoms with Gasteiger partial charge in [-0.05, 0) is 114 Å². The Morgan fingerprint density at radius 3 is 2.22 bits per heavy atom. The molecule has 0 spiro atoms. The van der Waals surface area contributed by atoms with Gasteiger partial charge in [0.25, 0.3) is 11.7 Å². The van der Waals surface area contributed by atoms with Gasteiger partial charge in [-0.15, -0.1) is 0 Å². The van der Waals surface area contributed by atoms with Gasteiger partial charge in [0.05, 0.1) is 37.6 Å². The molecule has 1 saturated carbocycles. The number of Topliss-reactive ketones (excluding diaryl/α,β-unsaturated/α-hetero) is 3. The zero-order chi connectivity index (χ0) is 50.9. The minimum absolute atomic E-state index is 0.0860. The predicted molar refractivity (Wildman–Crippen MR) is 258 cm³/mol. The van der Waals surface area contributed by atoms with E-state index < -0.39 is 65.7 Å². The number of nitrogens with zero attached hydrogens (tertiary/aromatic N) is 1. The molecule has 2 saturated heterocycles. The number of hydrogen-bond acceptors (Lipinski definition) is 14. The van der Waals surface area contributed by atoms with E-state index in [1.54, 1.807) is 41.1 Å². The van der Waals surface area contributed by atoms with E-state index in [0.29, 0.717) is 63.4 Å². The Morgan fingerprint density at radius 2 is 1.60 bits per heavy atom. The van der Waals surface area contributed by atoms with Crippen molar-refractivity contribution in [3.63, 3.8) is 0 Å². The van der Waals surface area contributed by atoms with E-state index in [2.05, 4.69) is 0 Å². The van der Waals surface area contributed by atoms with Crippen molar-refractivity contribution in [2.45, 2.75) is 194 Å². The molecule has 388 valence electrons. The molecule has 15 nitrogen and oxygen atoms in total. The van der Waals surface area contributed by atoms with Gasteiger partial charge in [0.15, 0.2) is 5.78 Å². The van der Waals surface area contributed by atoms with Crippen LogP contribution in [0.3, 0.4) is 0 Å². The number of carbonyl (C=O) groups is 5. The predicted octanol–water partition coefficient (Wildman–Crippen LogP) is 6.67. The Labute approximate surface area is 406 Å². The number of aliphatic hydroxyl groups is 3. The van der Waals surface area contributed by atoms with E-state index in [9.17, 15) is 39.3 Å². The topological polar surface area (TPSA) is 205 Å². The summed E-state index contributed by atoms with van der Waals surface area (Å²) < 4.78 is 35.3. The molecule has 1 amide bonds. The summed E-state index contributed by atoms with van der Waals surface area (Å²) in [5, 5.41) is 32.5. The van der Waals surface area contributed by atoms with Crippen LogP contribution in [0.4, 0.5) is 0 Å². The van der Waals surface area contributed by atoms with E-state index >= 15 is 0 Å². The first-order valence-corrected chi connectivity index (χ1v) is 25.2. The first kappa shape index (κ1) is 59.2. The van der Waals surface area contributed by atoms with Gasteiger partial charge in [0, 0.05) is 58.5 Å². The summed E-state index contributed by atoms with van der Waals surface area (Å²) in [5.74, 6) is -7.52. The number of esters is 1. The number of rotatable bonds is 27. The van der Waals surface area contributed by atoms with Crippen LogP contribution in [0, 0.1) is 35.5 Å². The van der Waals surface area contributed by atoms with E-state index in [0.717, 1.165) is 12.0 Å². The van der Waals surface area contributed by atoms with Gasteiger partial charge in [-0.1, -0.05) is 65.8 Å². The average Bonchev–Trinajstić information content (AvgIpc) is 3.31. The Bertz CT molecular complexity index is 1730. The average molecular weight is 962 g/mol. The van der Waals surface area contributed by atoms with Crippen LogP contribution in [-0.2, 0) is 52.4 Å². The van der Waals surface area contributed by atoms with Crippen LogP contribution < -0.4 is 0 Å². The maximum atomic E-state index is 14.5. The zero-order valence-corrected chi connectivity index (χ0v) is 43.3. The number of carbonyl (C=O) groups excluding carboxylic acids is 5. The number of piperidine rings is 1. The smallest absolute Gasteiger partial charge is 0.329 e. The Balaban J connectivity index is 1.88. The Kier molecular flexibility index (Phi) is 24.9. The summed E-state index contributed by atoms with van der Waals surface area (Å²) in [6.45, 7) is 16.8. The molecule has 68 heavy (non-hydrogen) atoms. The maximum absolute atomic E-state index is 14.5. The fourth-order valence-electron chi connectivity index (χ4n) is 10.3. The van der Waals surface area contributed by atoms with E-state index in [-0.39, 0.29) is 86.2 Å². The third-order valence-electron chi connectivity index (χ3n) is 14.5. The lowest BCUT2D eigenvalue weighted by Crippen LogP contribution is -2.61. The first-order chi connectivity index (χ1) is 32.2. The third kappa shape index (κ3) is 16.5. The molecule has 14 atom stereocenters. The summed E-state index contributed by atoms with van der Waals surface area (Å²) in [7, 11) is 4.59. The van der Waals surface area contributed by atoms with Crippen molar-refractivity contribution >= 4 is 29.2 Å². The SMILES string of the molecule is C/C=C/C=C(\C)[C@H](C[C@@H]1CC[C@@H](C)[C@](O)(C(=O)C(=O)N2CCCC[C@H]2C(=O)O[C@@H](CC(=O)[C@H](C)/C=C(\C)[C@@H](O)[C@@H](OC)C(=O)[C@H](C)CC(C)C)[C@H](C)C[C@@H]2CC[C@@H](OCCO)[C@H](OC)C2)O1)OC. The summed E-state index contributed by atoms with van der Waals surface area (Å²) in [5.41, 5.74) is 1.34. The number of methoxy groups -OCH3 is 3. The Morgan fingerprint density at radius 1 is 0.897 bits per heavy atom. The van der Waals surface area contributed by atoms with Crippen molar-refractivity contribution in [3.05, 3.63) is 35.5 Å². The summed E-state index contributed by atoms with van der Waals surface area (Å²) >= 11 is 0. The second-order valence-electron chi connectivity index (χ2n) is 20.3. The number of aliphatic hydroxyl groups excluding tert-OH is 2. The molecule has 0 aromatic heterocycles. The van der Waals surface area contributed by atoms with Crippen LogP contribution >= 0.6 is 0 Å². The number of ketones is 3. The lowest BCUT2D eigenvalue weighted by atomic mass is 9.78. The molecule has 3 N–H and O–H groups in total. The number of allylic oxidation sites excluding steroid dienone is 4. The highest BCUT2D eigenvalue weighted by molar-refractivity contribution is 6.39. The molecule has 0 unspecified atom stereocenters. The summed E-state index contributed by atoms with van der Waals surface area (Å²) in [4.78, 5) is 71.6. The van der Waals surface area contributed by atoms with Gasteiger partial charge < -0.3 is 48.6 Å². The number of amides is 1. The van der Waals surface area contributed by atoms with E-state index in [1.807, 2.05) is 59.8 Å². The Hall–Kier alpha value is -3.15. The highest BCUT2D eigenvalue weighted by Gasteiger charge is 2.53. The van der Waals surface area contributed by atoms with Gasteiger partial charge in [-0.2, -0.15) is 0 Å². The van der Waals surface area contributed by atoms with Crippen molar-refractivity contribution in [1.29, 1.82) is 0 Å². The molecule has 15 heteroatoms. The highest BCUT2D eigenvalue weighted by atomic mass is 16.6. The van der Waals surface area contributed by atoms with Crippen molar-refractivity contribution in [3.8, 4) is 0 Å². The highest BCUT2D eigenvalue weighted by Crippen LogP contribution is 2.38. The van der Waals surface area contributed by atoms with Gasteiger partial charge in [-0.25, -0.2) is 4.79 Å². The van der Waals surface area contributed by atoms with Crippen LogP contribution in [0.1, 0.15) is 139 Å². The second kappa shape index (κ2) is 28.6. The van der Waals surface area contributed by atoms with Crippen LogP contribution in [0.5, 0.6) is 0 Å². The molecular formula is C53H87NO14. The molecule has 3 aliphatic rings. The van der Waals surface area contributed by atoms with Crippen LogP contribution in [-0.4, -0.2) is 145 Å². The molecule has 0 aromatic carbocycles. The molecule has 3 fully saturated rings. The molecular weight excluding hydrogens is 875 g/mol. The van der Waals surface area contributed by atoms with Crippen LogP contribution in [0.25, 0.3) is 0 Å². The maximum Gasteiger partial charge on any atom is 0.329 e. The molecule has 0 aromatic rings. The van der Waals surface area contributed by atoms with Crippen molar-refractivity contribution in [2.24, 2.45) is 35.5 Å². The quantitative estimate of drug-likeness (QED) is 0.0341. The van der Waals surface area contributed by atoms with Crippen molar-refractivity contribution in [2.75, 3.05) is 41.1 Å². The fourth-order valence-corrected chi connectivity index (χ4v) is 10.3. The fraction of sp³-hybridized carbons (Fsp3) is 0.792. The lowest BCUT2D eigenvalue weighted by molar-refractivity contribution is -0.265. The van der Waals surface area contributed by atoms with E-state index in [1.165, 1.54) is 12.0 Å². The van der Waals surface area contributed by atoms with Crippen LogP contribution in [0.15, 0.2) is 35.5 Å². The summed E-state index contributed by atoms with van der Waals surface area (Å²) in [6.07, 6.45) is 8.56. The first-order valence-electron chi connectivity index (χ1n) is 25.2. The van der Waals surface area contributed by atoms with Gasteiger partial charge in [-0.3, -0.25) is 19.2 Å². The monoisotopic (exact) mass is 962 g/mol. The number of likely N-dealkylation sites (tertiary alicyclic amines) is 1. The molecule has 2 heterocycles. The van der Waals surface area contributed by atoms with Crippen molar-refractivity contribution < 1.29 is 67.7 Å². The third-order valence-corrected chi connectivity index (χ3v) is 14.5. The molecule has 0 radical (unpaired) electrons. The molecule has 3 rings (SSSR count). The van der Waals surface area contributed by atoms with Crippen molar-refractivity contribution in [1.82, 2.24) is 4.90 Å². The van der Waals surface area contributed by atoms with E-state index in [4.69, 9.17) is 28.4 Å². The second-order valence-corrected chi connectivity index (χ2v) is 20.3. The molecule has 2 aliphatic heterocycles. The van der Waals surface area contributed by atoms with Gasteiger partial charge in [0.2, 0.25) is 5.79 Å². The lowest BCUT2D eigenvalue weighted by Gasteiger charge is -2.42. The standard InChI is InChI=1S/C53H87NO14/c1-13-14-17-33(4)44(63-10)30-40-21-19-38(9)53(62,68-40)50(59)51(60)54-23-16-15-18-41(54)52(61)67-45(35(6)28-39-20-22-43(66-25-24-55)46(29-39)64-11)31-42(56)34(5)27-37(8)48(58)49(65-12)47(57)36(7)26-32(2)3/h13-14,17,27,32,34-36,38-41,43-46,48-49,55,58,62H,15-16,18-26,28-31H2,1-12H3/b14-13+,33-17+,37-27+/t34-,35-,36-,38-,39+,40+,41+,43-,44+,45+,46-,48-,49+,53-/m1/s1. The zero-order valence-electron chi connectivity index (χ0n) is 43.3. The van der Waals surface area contributed by atoms with Gasteiger partial charge >= 0.3 is 5.97 Å². The van der Waals surface area contributed by atoms with Gasteiger partial charge in [0.1, 0.15) is 30.1 Å². The normalized spacial score (nSPS) is 28.4. The largest absolute Gasteiger partial charge is 0.460 e. The molecule has 0 bridgehead atoms. The minimum atomic E-state index is -2.42. The number of ether oxygens (including phenoxy) is 6. The molecule has 1 aliphatic carbocycles.